The second kappa shape index (κ2) is 8.40. The highest BCUT2D eigenvalue weighted by atomic mass is 16.2. The van der Waals surface area contributed by atoms with E-state index in [1.165, 1.54) is 0 Å². The molecule has 0 atom stereocenters. The Morgan fingerprint density at radius 1 is 0.722 bits per heavy atom. The zero-order valence-corrected chi connectivity index (χ0v) is 19.4. The van der Waals surface area contributed by atoms with Crippen molar-refractivity contribution in [3.8, 4) is 11.3 Å². The van der Waals surface area contributed by atoms with Crippen LogP contribution in [0.2, 0.25) is 0 Å². The molecular formula is C31H20N2O3. The number of hydrogen-bond acceptors (Lipinski definition) is 4. The summed E-state index contributed by atoms with van der Waals surface area (Å²) in [4.78, 5) is 44.9. The molecular weight excluding hydrogens is 448 g/mol. The van der Waals surface area contributed by atoms with Crippen LogP contribution in [0.15, 0.2) is 97.1 Å². The van der Waals surface area contributed by atoms with E-state index in [0.717, 1.165) is 11.1 Å². The van der Waals surface area contributed by atoms with Crippen LogP contribution in [0.25, 0.3) is 22.2 Å². The molecule has 5 aromatic rings. The molecule has 5 heteroatoms. The van der Waals surface area contributed by atoms with Gasteiger partial charge in [0, 0.05) is 27.6 Å². The molecule has 0 bridgehead atoms. The van der Waals surface area contributed by atoms with E-state index in [1.807, 2.05) is 55.5 Å². The number of carbonyl (C=O) groups excluding carboxylic acids is 3. The van der Waals surface area contributed by atoms with Crippen molar-refractivity contribution >= 4 is 34.1 Å². The number of aromatic nitrogens is 1. The summed E-state index contributed by atoms with van der Waals surface area (Å²) in [6.45, 7) is 2.01. The highest BCUT2D eigenvalue weighted by Crippen LogP contribution is 2.33. The normalized spacial score (nSPS) is 12.2. The van der Waals surface area contributed by atoms with E-state index in [2.05, 4.69) is 5.32 Å². The van der Waals surface area contributed by atoms with Gasteiger partial charge in [-0.1, -0.05) is 78.4 Å². The van der Waals surface area contributed by atoms with Gasteiger partial charge in [0.25, 0.3) is 5.91 Å². The molecule has 0 radical (unpaired) electrons. The van der Waals surface area contributed by atoms with E-state index in [-0.39, 0.29) is 28.6 Å². The molecule has 36 heavy (non-hydrogen) atoms. The minimum Gasteiger partial charge on any atom is -0.321 e. The number of pyridine rings is 1. The van der Waals surface area contributed by atoms with Crippen molar-refractivity contribution in [3.05, 3.63) is 130 Å². The van der Waals surface area contributed by atoms with Crippen LogP contribution < -0.4 is 5.32 Å². The largest absolute Gasteiger partial charge is 0.321 e. The summed E-state index contributed by atoms with van der Waals surface area (Å²) in [5.41, 5.74) is 5.33. The minimum absolute atomic E-state index is 0.215. The Balaban J connectivity index is 1.45. The highest BCUT2D eigenvalue weighted by molar-refractivity contribution is 6.31. The van der Waals surface area contributed by atoms with Crippen molar-refractivity contribution in [2.45, 2.75) is 6.92 Å². The summed E-state index contributed by atoms with van der Waals surface area (Å²) in [6.07, 6.45) is 0. The number of nitrogens with zero attached hydrogens (tertiary/aromatic N) is 1. The van der Waals surface area contributed by atoms with E-state index in [0.29, 0.717) is 39.0 Å². The molecule has 0 aliphatic heterocycles. The smallest absolute Gasteiger partial charge is 0.256 e. The van der Waals surface area contributed by atoms with Gasteiger partial charge in [0.15, 0.2) is 11.6 Å². The summed E-state index contributed by atoms with van der Waals surface area (Å²) in [5.74, 6) is -0.890. The minimum atomic E-state index is -0.380. The lowest BCUT2D eigenvalue weighted by atomic mass is 9.83. The third-order valence-electron chi connectivity index (χ3n) is 6.48. The second-order valence-electron chi connectivity index (χ2n) is 8.83. The number of anilines is 1. The first kappa shape index (κ1) is 21.6. The molecule has 5 nitrogen and oxygen atoms in total. The molecule has 172 valence electrons. The first-order valence-corrected chi connectivity index (χ1v) is 11.6. The van der Waals surface area contributed by atoms with Gasteiger partial charge in [0.1, 0.15) is 0 Å². The third-order valence-corrected chi connectivity index (χ3v) is 6.48. The van der Waals surface area contributed by atoms with Gasteiger partial charge in [-0.3, -0.25) is 14.4 Å². The Labute approximate surface area is 207 Å². The first-order valence-electron chi connectivity index (χ1n) is 11.6. The molecule has 1 N–H and O–H groups in total. The Morgan fingerprint density at radius 3 is 2.22 bits per heavy atom. The summed E-state index contributed by atoms with van der Waals surface area (Å²) in [6, 6.07) is 28.9. The summed E-state index contributed by atoms with van der Waals surface area (Å²) in [5, 5.41) is 3.61. The number of amides is 1. The maximum atomic E-state index is 13.7. The molecule has 1 aromatic heterocycles. The van der Waals surface area contributed by atoms with E-state index < -0.39 is 0 Å². The van der Waals surface area contributed by atoms with Crippen LogP contribution in [0.1, 0.15) is 47.8 Å². The fourth-order valence-electron chi connectivity index (χ4n) is 4.75. The second-order valence-corrected chi connectivity index (χ2v) is 8.83. The summed E-state index contributed by atoms with van der Waals surface area (Å²) >= 11 is 0. The first-order chi connectivity index (χ1) is 17.5. The SMILES string of the molecule is Cc1cccc(-c2cc(C(=O)Nc3cccc4c3C(=O)c3ccccc3C4=O)c3ccccc3n2)c1. The molecule has 1 amide bonds. The van der Waals surface area contributed by atoms with Crippen molar-refractivity contribution in [1.29, 1.82) is 0 Å². The molecule has 1 aliphatic carbocycles. The van der Waals surface area contributed by atoms with Gasteiger partial charge in [0.05, 0.1) is 28.0 Å². The van der Waals surface area contributed by atoms with Crippen molar-refractivity contribution in [2.75, 3.05) is 5.32 Å². The van der Waals surface area contributed by atoms with E-state index in [4.69, 9.17) is 4.98 Å². The number of carbonyl (C=O) groups is 3. The molecule has 0 saturated heterocycles. The number of rotatable bonds is 3. The maximum absolute atomic E-state index is 13.7. The van der Waals surface area contributed by atoms with Gasteiger partial charge in [-0.05, 0) is 31.2 Å². The van der Waals surface area contributed by atoms with Crippen molar-refractivity contribution in [3.63, 3.8) is 0 Å². The molecule has 0 fully saturated rings. The predicted octanol–water partition coefficient (Wildman–Crippen LogP) is 6.24. The molecule has 6 rings (SSSR count). The number of benzene rings is 4. The van der Waals surface area contributed by atoms with E-state index in [9.17, 15) is 14.4 Å². The van der Waals surface area contributed by atoms with E-state index in [1.54, 1.807) is 48.5 Å². The van der Waals surface area contributed by atoms with Crippen LogP contribution in [-0.4, -0.2) is 22.5 Å². The topological polar surface area (TPSA) is 76.1 Å². The number of aryl methyl sites for hydroxylation is 1. The molecule has 4 aromatic carbocycles. The number of fused-ring (bicyclic) bond motifs is 3. The van der Waals surface area contributed by atoms with Crippen LogP contribution in [0.5, 0.6) is 0 Å². The van der Waals surface area contributed by atoms with Gasteiger partial charge >= 0.3 is 0 Å². The van der Waals surface area contributed by atoms with Gasteiger partial charge in [-0.2, -0.15) is 0 Å². The van der Waals surface area contributed by atoms with Crippen molar-refractivity contribution in [1.82, 2.24) is 4.98 Å². The monoisotopic (exact) mass is 468 g/mol. The van der Waals surface area contributed by atoms with Gasteiger partial charge in [-0.25, -0.2) is 4.98 Å². The fraction of sp³-hybridized carbons (Fsp3) is 0.0323. The number of ketones is 2. The number of para-hydroxylation sites is 1. The molecule has 1 aliphatic rings. The number of nitrogens with one attached hydrogen (secondary N) is 1. The quantitative estimate of drug-likeness (QED) is 0.334. The van der Waals surface area contributed by atoms with Crippen molar-refractivity contribution < 1.29 is 14.4 Å². The lowest BCUT2D eigenvalue weighted by molar-refractivity contribution is 0.0978. The van der Waals surface area contributed by atoms with Crippen LogP contribution in [0, 0.1) is 6.92 Å². The average molecular weight is 469 g/mol. The van der Waals surface area contributed by atoms with Gasteiger partial charge in [-0.15, -0.1) is 0 Å². The standard InChI is InChI=1S/C31H20N2O3/c1-18-8-6-9-19(16-18)27-17-24(20-10-4-5-14-25(20)32-27)31(36)33-26-15-7-13-23-28(26)30(35)22-12-3-2-11-21(22)29(23)34/h2-17H,1H3,(H,33,36). The highest BCUT2D eigenvalue weighted by Gasteiger charge is 2.32. The Hall–Kier alpha value is -4.90. The Bertz CT molecular complexity index is 1740. The lowest BCUT2D eigenvalue weighted by Crippen LogP contribution is -2.24. The number of hydrogen-bond donors (Lipinski definition) is 1. The lowest BCUT2D eigenvalue weighted by Gasteiger charge is -2.20. The fourth-order valence-corrected chi connectivity index (χ4v) is 4.75. The third kappa shape index (κ3) is 3.49. The van der Waals surface area contributed by atoms with Gasteiger partial charge < -0.3 is 5.32 Å². The zero-order chi connectivity index (χ0) is 24.8. The molecule has 1 heterocycles. The predicted molar refractivity (Wildman–Crippen MR) is 140 cm³/mol. The Kier molecular flexibility index (Phi) is 5.04. The molecule has 0 unspecified atom stereocenters. The zero-order valence-electron chi connectivity index (χ0n) is 19.4. The Morgan fingerprint density at radius 2 is 1.42 bits per heavy atom. The molecule has 0 spiro atoms. The van der Waals surface area contributed by atoms with Crippen LogP contribution in [-0.2, 0) is 0 Å². The summed E-state index contributed by atoms with van der Waals surface area (Å²) in [7, 11) is 0. The average Bonchev–Trinajstić information content (AvgIpc) is 2.91. The van der Waals surface area contributed by atoms with Crippen LogP contribution >= 0.6 is 0 Å². The summed E-state index contributed by atoms with van der Waals surface area (Å²) < 4.78 is 0. The maximum Gasteiger partial charge on any atom is 0.256 e. The van der Waals surface area contributed by atoms with Crippen LogP contribution in [0.4, 0.5) is 5.69 Å². The van der Waals surface area contributed by atoms with E-state index >= 15 is 0 Å². The molecule has 0 saturated carbocycles. The van der Waals surface area contributed by atoms with Crippen LogP contribution in [0.3, 0.4) is 0 Å². The van der Waals surface area contributed by atoms with Gasteiger partial charge in [0.2, 0.25) is 0 Å². The van der Waals surface area contributed by atoms with Crippen molar-refractivity contribution in [2.24, 2.45) is 0 Å².